The first kappa shape index (κ1) is 24.4. The quantitative estimate of drug-likeness (QED) is 0.292. The Bertz CT molecular complexity index is 277. The maximum atomic E-state index is 11.8. The minimum atomic E-state index is 0.249. The lowest BCUT2D eigenvalue weighted by atomic mass is 10.1. The van der Waals surface area contributed by atoms with Gasteiger partial charge in [0.05, 0.1) is 0 Å². The topological polar surface area (TPSA) is 32.3 Å². The molecule has 0 rings (SSSR count). The van der Waals surface area contributed by atoms with Gasteiger partial charge in [-0.3, -0.25) is 4.79 Å². The summed E-state index contributed by atoms with van der Waals surface area (Å²) < 4.78 is 0. The van der Waals surface area contributed by atoms with Crippen molar-refractivity contribution in [3.63, 3.8) is 0 Å². The lowest BCUT2D eigenvalue weighted by Gasteiger charge is -2.17. The first-order chi connectivity index (χ1) is 12.2. The lowest BCUT2D eigenvalue weighted by molar-refractivity contribution is -0.121. The Hall–Kier alpha value is -0.570. The molecule has 0 atom stereocenters. The van der Waals surface area contributed by atoms with Gasteiger partial charge in [-0.05, 0) is 38.9 Å². The van der Waals surface area contributed by atoms with Gasteiger partial charge in [0, 0.05) is 13.0 Å². The van der Waals surface area contributed by atoms with Gasteiger partial charge in [-0.1, -0.05) is 85.0 Å². The normalized spacial score (nSPS) is 11.2. The van der Waals surface area contributed by atoms with Crippen LogP contribution in [0.4, 0.5) is 0 Å². The predicted molar refractivity (Wildman–Crippen MR) is 111 cm³/mol. The van der Waals surface area contributed by atoms with Crippen LogP contribution in [0, 0.1) is 0 Å². The summed E-state index contributed by atoms with van der Waals surface area (Å²) in [5.74, 6) is 0.249. The van der Waals surface area contributed by atoms with Gasteiger partial charge >= 0.3 is 0 Å². The molecule has 3 heteroatoms. The Morgan fingerprint density at radius 2 is 1.20 bits per heavy atom. The van der Waals surface area contributed by atoms with Gasteiger partial charge in [-0.2, -0.15) is 0 Å². The molecule has 0 bridgehead atoms. The zero-order valence-corrected chi connectivity index (χ0v) is 17.6. The molecule has 0 radical (unpaired) electrons. The molecule has 0 aromatic carbocycles. The van der Waals surface area contributed by atoms with Crippen molar-refractivity contribution in [2.45, 2.75) is 111 Å². The van der Waals surface area contributed by atoms with Crippen molar-refractivity contribution in [2.75, 3.05) is 26.2 Å². The van der Waals surface area contributed by atoms with Crippen LogP contribution in [-0.4, -0.2) is 37.0 Å². The van der Waals surface area contributed by atoms with Gasteiger partial charge in [0.25, 0.3) is 0 Å². The standard InChI is InChI=1S/C22H46N2O/c1-4-7-8-9-10-11-12-13-14-15-16-19-22(25)23-20-17-18-21-24(5-2)6-3/h4-21H2,1-3H3,(H,23,25). The molecular weight excluding hydrogens is 308 g/mol. The zero-order chi connectivity index (χ0) is 18.6. The van der Waals surface area contributed by atoms with E-state index in [2.05, 4.69) is 31.0 Å². The average molecular weight is 355 g/mol. The Kier molecular flexibility index (Phi) is 19.3. The Morgan fingerprint density at radius 3 is 1.72 bits per heavy atom. The van der Waals surface area contributed by atoms with Gasteiger partial charge < -0.3 is 10.2 Å². The fraction of sp³-hybridized carbons (Fsp3) is 0.955. The van der Waals surface area contributed by atoms with E-state index in [1.807, 2.05) is 0 Å². The van der Waals surface area contributed by atoms with E-state index >= 15 is 0 Å². The van der Waals surface area contributed by atoms with Crippen LogP contribution in [0.25, 0.3) is 0 Å². The number of hydrogen-bond donors (Lipinski definition) is 1. The van der Waals surface area contributed by atoms with Crippen molar-refractivity contribution >= 4 is 5.91 Å². The molecule has 0 aliphatic rings. The fourth-order valence-corrected chi connectivity index (χ4v) is 3.27. The van der Waals surface area contributed by atoms with E-state index in [4.69, 9.17) is 0 Å². The van der Waals surface area contributed by atoms with E-state index in [0.29, 0.717) is 6.42 Å². The first-order valence-electron chi connectivity index (χ1n) is 11.2. The van der Waals surface area contributed by atoms with Gasteiger partial charge in [-0.15, -0.1) is 0 Å². The van der Waals surface area contributed by atoms with Gasteiger partial charge in [0.1, 0.15) is 0 Å². The van der Waals surface area contributed by atoms with Crippen LogP contribution in [0.1, 0.15) is 111 Å². The lowest BCUT2D eigenvalue weighted by Crippen LogP contribution is -2.27. The molecule has 0 heterocycles. The monoisotopic (exact) mass is 354 g/mol. The van der Waals surface area contributed by atoms with Crippen molar-refractivity contribution < 1.29 is 4.79 Å². The molecule has 0 unspecified atom stereocenters. The number of unbranched alkanes of at least 4 members (excludes halogenated alkanes) is 11. The smallest absolute Gasteiger partial charge is 0.219 e. The maximum absolute atomic E-state index is 11.8. The number of amides is 1. The number of carbonyl (C=O) groups excluding carboxylic acids is 1. The van der Waals surface area contributed by atoms with Crippen molar-refractivity contribution in [3.05, 3.63) is 0 Å². The second-order valence-electron chi connectivity index (χ2n) is 7.37. The molecule has 25 heavy (non-hydrogen) atoms. The molecule has 0 aliphatic carbocycles. The van der Waals surface area contributed by atoms with Crippen molar-refractivity contribution in [1.29, 1.82) is 0 Å². The Labute approximate surface area is 158 Å². The Morgan fingerprint density at radius 1 is 0.680 bits per heavy atom. The van der Waals surface area contributed by atoms with E-state index < -0.39 is 0 Å². The summed E-state index contributed by atoms with van der Waals surface area (Å²) in [5, 5.41) is 3.07. The van der Waals surface area contributed by atoms with Crippen LogP contribution in [-0.2, 0) is 4.79 Å². The van der Waals surface area contributed by atoms with E-state index in [-0.39, 0.29) is 5.91 Å². The summed E-state index contributed by atoms with van der Waals surface area (Å²) >= 11 is 0. The van der Waals surface area contributed by atoms with Crippen LogP contribution < -0.4 is 5.32 Å². The molecule has 0 spiro atoms. The highest BCUT2D eigenvalue weighted by atomic mass is 16.1. The molecule has 1 amide bonds. The molecule has 0 aromatic rings. The van der Waals surface area contributed by atoms with Crippen molar-refractivity contribution in [1.82, 2.24) is 10.2 Å². The average Bonchev–Trinajstić information content (AvgIpc) is 2.62. The van der Waals surface area contributed by atoms with Gasteiger partial charge in [-0.25, -0.2) is 0 Å². The summed E-state index contributed by atoms with van der Waals surface area (Å²) in [7, 11) is 0. The summed E-state index contributed by atoms with van der Waals surface area (Å²) in [6.45, 7) is 10.9. The summed E-state index contributed by atoms with van der Waals surface area (Å²) in [6.07, 6.45) is 17.7. The van der Waals surface area contributed by atoms with Crippen LogP contribution >= 0.6 is 0 Å². The number of carbonyl (C=O) groups is 1. The molecule has 150 valence electrons. The SMILES string of the molecule is CCCCCCCCCCCCCC(=O)NCCCCN(CC)CC. The highest BCUT2D eigenvalue weighted by Crippen LogP contribution is 2.11. The molecule has 0 aliphatic heterocycles. The molecular formula is C22H46N2O. The van der Waals surface area contributed by atoms with Crippen LogP contribution in [0.2, 0.25) is 0 Å². The molecule has 0 aromatic heterocycles. The summed E-state index contributed by atoms with van der Waals surface area (Å²) in [4.78, 5) is 14.2. The van der Waals surface area contributed by atoms with Gasteiger partial charge in [0.15, 0.2) is 0 Å². The van der Waals surface area contributed by atoms with Crippen molar-refractivity contribution in [3.8, 4) is 0 Å². The number of nitrogens with zero attached hydrogens (tertiary/aromatic N) is 1. The number of hydrogen-bond acceptors (Lipinski definition) is 2. The molecule has 3 nitrogen and oxygen atoms in total. The number of rotatable bonds is 19. The van der Waals surface area contributed by atoms with Gasteiger partial charge in [0.2, 0.25) is 5.91 Å². The molecule has 0 saturated heterocycles. The predicted octanol–water partition coefficient (Wildman–Crippen LogP) is 5.93. The van der Waals surface area contributed by atoms with E-state index in [0.717, 1.165) is 39.0 Å². The number of nitrogens with one attached hydrogen (secondary N) is 1. The van der Waals surface area contributed by atoms with Crippen LogP contribution in [0.15, 0.2) is 0 Å². The van der Waals surface area contributed by atoms with Crippen molar-refractivity contribution in [2.24, 2.45) is 0 Å². The fourth-order valence-electron chi connectivity index (χ4n) is 3.27. The summed E-state index contributed by atoms with van der Waals surface area (Å²) in [6, 6.07) is 0. The molecule has 0 saturated carbocycles. The second-order valence-corrected chi connectivity index (χ2v) is 7.37. The highest BCUT2D eigenvalue weighted by molar-refractivity contribution is 5.75. The molecule has 0 fully saturated rings. The second kappa shape index (κ2) is 19.8. The zero-order valence-electron chi connectivity index (χ0n) is 17.6. The largest absolute Gasteiger partial charge is 0.356 e. The van der Waals surface area contributed by atoms with Crippen LogP contribution in [0.5, 0.6) is 0 Å². The minimum absolute atomic E-state index is 0.249. The summed E-state index contributed by atoms with van der Waals surface area (Å²) in [5.41, 5.74) is 0. The third kappa shape index (κ3) is 18.0. The van der Waals surface area contributed by atoms with E-state index in [9.17, 15) is 4.79 Å². The third-order valence-electron chi connectivity index (χ3n) is 5.13. The Balaban J connectivity index is 3.23. The highest BCUT2D eigenvalue weighted by Gasteiger charge is 2.02. The van der Waals surface area contributed by atoms with E-state index in [1.165, 1.54) is 70.6 Å². The maximum Gasteiger partial charge on any atom is 0.219 e. The minimum Gasteiger partial charge on any atom is -0.356 e. The van der Waals surface area contributed by atoms with E-state index in [1.54, 1.807) is 0 Å². The molecule has 1 N–H and O–H groups in total. The third-order valence-corrected chi connectivity index (χ3v) is 5.13. The van der Waals surface area contributed by atoms with Crippen LogP contribution in [0.3, 0.4) is 0 Å². The first-order valence-corrected chi connectivity index (χ1v) is 11.2.